The number of hydrogen-bond acceptors (Lipinski definition) is 6. The first-order valence-electron chi connectivity index (χ1n) is 10.1. The highest BCUT2D eigenvalue weighted by atomic mass is 35.5. The Bertz CT molecular complexity index is 1540. The summed E-state index contributed by atoms with van der Waals surface area (Å²) in [6.45, 7) is 0. The van der Waals surface area contributed by atoms with Crippen LogP contribution in [-0.4, -0.2) is 24.3 Å². The maximum atomic E-state index is 14.1. The van der Waals surface area contributed by atoms with Crippen LogP contribution in [0.3, 0.4) is 0 Å². The van der Waals surface area contributed by atoms with E-state index in [0.29, 0.717) is 39.2 Å². The topological polar surface area (TPSA) is 88.0 Å². The number of fused-ring (bicyclic) bond motifs is 2. The van der Waals surface area contributed by atoms with Gasteiger partial charge in [0.1, 0.15) is 27.6 Å². The summed E-state index contributed by atoms with van der Waals surface area (Å²) in [7, 11) is 0. The van der Waals surface area contributed by atoms with E-state index in [-0.39, 0.29) is 11.6 Å². The van der Waals surface area contributed by atoms with E-state index in [0.717, 1.165) is 23.2 Å². The van der Waals surface area contributed by atoms with E-state index >= 15 is 0 Å². The number of hydrogen-bond donors (Lipinski definition) is 2. The third-order valence-corrected chi connectivity index (χ3v) is 7.04. The second-order valence-corrected chi connectivity index (χ2v) is 9.08. The monoisotopic (exact) mass is 466 g/mol. The molecule has 1 aliphatic rings. The number of H-pyrrole nitrogens is 1. The van der Waals surface area contributed by atoms with E-state index in [9.17, 15) is 9.18 Å². The molecule has 7 nitrogen and oxygen atoms in total. The Morgan fingerprint density at radius 2 is 2.12 bits per heavy atom. The van der Waals surface area contributed by atoms with Gasteiger partial charge in [-0.1, -0.05) is 23.7 Å². The lowest BCUT2D eigenvalue weighted by Crippen LogP contribution is -2.22. The van der Waals surface area contributed by atoms with E-state index in [4.69, 9.17) is 11.6 Å². The van der Waals surface area contributed by atoms with Gasteiger partial charge in [0.25, 0.3) is 5.56 Å². The van der Waals surface area contributed by atoms with Gasteiger partial charge < -0.3 is 10.3 Å². The number of thiazole rings is 1. The molecule has 0 spiro atoms. The van der Waals surface area contributed by atoms with Crippen molar-refractivity contribution < 1.29 is 4.39 Å². The van der Waals surface area contributed by atoms with Gasteiger partial charge in [-0.25, -0.2) is 19.3 Å². The Labute approximate surface area is 189 Å². The molecule has 1 unspecified atom stereocenters. The van der Waals surface area contributed by atoms with Crippen molar-refractivity contribution in [2.24, 2.45) is 5.92 Å². The summed E-state index contributed by atoms with van der Waals surface area (Å²) in [4.78, 5) is 30.2. The molecule has 6 rings (SSSR count). The van der Waals surface area contributed by atoms with Gasteiger partial charge in [0.05, 0.1) is 17.9 Å². The smallest absolute Gasteiger partial charge is 0.265 e. The van der Waals surface area contributed by atoms with Gasteiger partial charge >= 0.3 is 0 Å². The second-order valence-electron chi connectivity index (χ2n) is 7.81. The van der Waals surface area contributed by atoms with E-state index in [1.165, 1.54) is 34.2 Å². The second kappa shape index (κ2) is 7.39. The number of aromatic amines is 1. The summed E-state index contributed by atoms with van der Waals surface area (Å²) in [6.07, 6.45) is 5.06. The molecular formula is C22H16ClFN6OS. The molecule has 0 radical (unpaired) electrons. The molecule has 0 aliphatic heterocycles. The van der Waals surface area contributed by atoms with Crippen LogP contribution in [0, 0.1) is 11.7 Å². The van der Waals surface area contributed by atoms with Gasteiger partial charge in [-0.3, -0.25) is 9.20 Å². The molecule has 0 bridgehead atoms. The maximum absolute atomic E-state index is 14.1. The molecule has 4 heterocycles. The SMILES string of the molecule is O=c1c(-c2cccc(F)c2)c(C(Nc2ncnc3nc[nH]c23)C2CC2)cc2scc(Cl)n12. The standard InChI is InChI=1S/C22H16ClFN6OS/c23-15-8-32-16-7-14(17(22(31)30(15)16)12-2-1-3-13(24)6-12)18(11-4-5-11)29-21-19-20(26-9-25-19)27-10-28-21/h1-3,6-11,18H,4-5H2,(H2,25,26,27,28,29). The average molecular weight is 467 g/mol. The molecule has 1 saturated carbocycles. The summed E-state index contributed by atoms with van der Waals surface area (Å²) >= 11 is 7.71. The lowest BCUT2D eigenvalue weighted by Gasteiger charge is -2.22. The molecule has 1 atom stereocenters. The number of imidazole rings is 1. The first-order valence-corrected chi connectivity index (χ1v) is 11.3. The summed E-state index contributed by atoms with van der Waals surface area (Å²) in [5.41, 5.74) is 2.74. The van der Waals surface area contributed by atoms with Crippen molar-refractivity contribution >= 4 is 44.7 Å². The van der Waals surface area contributed by atoms with Crippen molar-refractivity contribution in [2.75, 3.05) is 5.32 Å². The molecule has 0 saturated heterocycles. The molecule has 5 aromatic rings. The number of halogens is 2. The molecular weight excluding hydrogens is 451 g/mol. The Morgan fingerprint density at radius 3 is 2.94 bits per heavy atom. The van der Waals surface area contributed by atoms with Crippen molar-refractivity contribution in [1.82, 2.24) is 24.3 Å². The number of rotatable bonds is 5. The number of pyridine rings is 1. The Hall–Kier alpha value is -3.30. The first-order chi connectivity index (χ1) is 15.6. The normalized spacial score (nSPS) is 14.8. The molecule has 0 amide bonds. The zero-order chi connectivity index (χ0) is 21.8. The van der Waals surface area contributed by atoms with Crippen LogP contribution >= 0.6 is 22.9 Å². The van der Waals surface area contributed by atoms with Gasteiger partial charge in [0.2, 0.25) is 0 Å². The summed E-state index contributed by atoms with van der Waals surface area (Å²) in [6, 6.07) is 7.87. The zero-order valence-electron chi connectivity index (χ0n) is 16.5. The Balaban J connectivity index is 1.58. The molecule has 4 aromatic heterocycles. The van der Waals surface area contributed by atoms with Crippen molar-refractivity contribution in [3.05, 3.63) is 75.3 Å². The predicted molar refractivity (Wildman–Crippen MR) is 123 cm³/mol. The zero-order valence-corrected chi connectivity index (χ0v) is 18.1. The van der Waals surface area contributed by atoms with Crippen LogP contribution in [0.5, 0.6) is 0 Å². The molecule has 2 N–H and O–H groups in total. The minimum absolute atomic E-state index is 0.201. The highest BCUT2D eigenvalue weighted by molar-refractivity contribution is 7.16. The van der Waals surface area contributed by atoms with Gasteiger partial charge in [-0.15, -0.1) is 11.3 Å². The molecule has 160 valence electrons. The van der Waals surface area contributed by atoms with Crippen molar-refractivity contribution in [2.45, 2.75) is 18.9 Å². The van der Waals surface area contributed by atoms with Crippen LogP contribution in [0.25, 0.3) is 27.1 Å². The molecule has 32 heavy (non-hydrogen) atoms. The average Bonchev–Trinajstić information content (AvgIpc) is 3.38. The molecule has 10 heteroatoms. The highest BCUT2D eigenvalue weighted by Crippen LogP contribution is 2.45. The van der Waals surface area contributed by atoms with Crippen molar-refractivity contribution in [3.8, 4) is 11.1 Å². The van der Waals surface area contributed by atoms with E-state index in [1.54, 1.807) is 23.8 Å². The Kier molecular flexibility index (Phi) is 4.48. The highest BCUT2D eigenvalue weighted by Gasteiger charge is 2.36. The first kappa shape index (κ1) is 19.4. The lowest BCUT2D eigenvalue weighted by molar-refractivity contribution is 0.628. The fourth-order valence-electron chi connectivity index (χ4n) is 4.14. The number of aromatic nitrogens is 5. The summed E-state index contributed by atoms with van der Waals surface area (Å²) in [5, 5.41) is 5.59. The molecule has 1 aromatic carbocycles. The third-order valence-electron chi connectivity index (χ3n) is 5.75. The van der Waals surface area contributed by atoms with Crippen LogP contribution < -0.4 is 10.9 Å². The van der Waals surface area contributed by atoms with Gasteiger partial charge in [-0.05, 0) is 48.1 Å². The fraction of sp³-hybridized carbons (Fsp3) is 0.182. The number of anilines is 1. The minimum atomic E-state index is -0.403. The fourth-order valence-corrected chi connectivity index (χ4v) is 5.29. The van der Waals surface area contributed by atoms with Gasteiger partial charge in [0, 0.05) is 5.38 Å². The largest absolute Gasteiger partial charge is 0.361 e. The maximum Gasteiger partial charge on any atom is 0.265 e. The lowest BCUT2D eigenvalue weighted by atomic mass is 9.93. The quantitative estimate of drug-likeness (QED) is 0.378. The summed E-state index contributed by atoms with van der Waals surface area (Å²) in [5.74, 6) is 0.520. The summed E-state index contributed by atoms with van der Waals surface area (Å²) < 4.78 is 15.6. The number of nitrogens with zero attached hydrogens (tertiary/aromatic N) is 4. The predicted octanol–water partition coefficient (Wildman–Crippen LogP) is 5.05. The molecule has 1 aliphatic carbocycles. The molecule has 1 fully saturated rings. The van der Waals surface area contributed by atoms with Gasteiger partial charge in [-0.2, -0.15) is 0 Å². The van der Waals surface area contributed by atoms with Crippen molar-refractivity contribution in [3.63, 3.8) is 0 Å². The minimum Gasteiger partial charge on any atom is -0.361 e. The van der Waals surface area contributed by atoms with Crippen LogP contribution in [0.4, 0.5) is 10.2 Å². The van der Waals surface area contributed by atoms with Crippen molar-refractivity contribution in [1.29, 1.82) is 0 Å². The van der Waals surface area contributed by atoms with Gasteiger partial charge in [0.15, 0.2) is 11.5 Å². The number of nitrogens with one attached hydrogen (secondary N) is 2. The van der Waals surface area contributed by atoms with E-state index in [1.807, 2.05) is 6.07 Å². The Morgan fingerprint density at radius 1 is 1.25 bits per heavy atom. The van der Waals surface area contributed by atoms with E-state index in [2.05, 4.69) is 25.3 Å². The van der Waals surface area contributed by atoms with Crippen LogP contribution in [0.1, 0.15) is 24.4 Å². The van der Waals surface area contributed by atoms with Crippen LogP contribution in [0.2, 0.25) is 5.15 Å². The van der Waals surface area contributed by atoms with Crippen LogP contribution in [-0.2, 0) is 0 Å². The van der Waals surface area contributed by atoms with Crippen LogP contribution in [0.15, 0.2) is 53.2 Å². The number of benzene rings is 1. The van der Waals surface area contributed by atoms with E-state index < -0.39 is 5.82 Å². The third kappa shape index (κ3) is 3.16.